The first-order chi connectivity index (χ1) is 7.90. The van der Waals surface area contributed by atoms with E-state index in [0.29, 0.717) is 13.1 Å². The number of ether oxygens (including phenoxy) is 1. The molecule has 0 atom stereocenters. The fraction of sp³-hybridized carbons (Fsp3) is 0.600. The Morgan fingerprint density at radius 2 is 2.12 bits per heavy atom. The molecule has 1 aliphatic heterocycles. The Morgan fingerprint density at radius 3 is 2.75 bits per heavy atom. The van der Waals surface area contributed by atoms with Crippen molar-refractivity contribution in [3.05, 3.63) is 12.4 Å². The highest BCUT2D eigenvalue weighted by Gasteiger charge is 2.12. The molecule has 0 amide bonds. The van der Waals surface area contributed by atoms with Crippen LogP contribution in [0.5, 0.6) is 0 Å². The van der Waals surface area contributed by atoms with Crippen molar-refractivity contribution in [2.45, 2.75) is 0 Å². The van der Waals surface area contributed by atoms with Crippen molar-refractivity contribution in [3.63, 3.8) is 0 Å². The molecule has 0 bridgehead atoms. The molecule has 6 heteroatoms. The third-order valence-corrected chi connectivity index (χ3v) is 2.42. The van der Waals surface area contributed by atoms with E-state index in [2.05, 4.69) is 20.2 Å². The molecular formula is C10H17N5O. The molecule has 1 aliphatic rings. The fourth-order valence-electron chi connectivity index (χ4n) is 1.57. The zero-order valence-corrected chi connectivity index (χ0v) is 9.22. The van der Waals surface area contributed by atoms with Crippen LogP contribution in [0.3, 0.4) is 0 Å². The average Bonchev–Trinajstić information content (AvgIpc) is 2.38. The maximum Gasteiger partial charge on any atom is 0.147 e. The van der Waals surface area contributed by atoms with Crippen molar-refractivity contribution in [1.82, 2.24) is 9.97 Å². The lowest BCUT2D eigenvalue weighted by molar-refractivity contribution is 0.122. The second-order valence-electron chi connectivity index (χ2n) is 3.57. The van der Waals surface area contributed by atoms with Crippen LogP contribution in [0, 0.1) is 0 Å². The molecule has 3 N–H and O–H groups in total. The standard InChI is InChI=1S/C10H17N5O/c11-1-2-12-9-7-14-10(8-13-9)15-3-5-16-6-4-15/h7-8H,1-6,11H2,(H,12,13). The number of hydrogen-bond acceptors (Lipinski definition) is 6. The summed E-state index contributed by atoms with van der Waals surface area (Å²) in [5.74, 6) is 1.67. The summed E-state index contributed by atoms with van der Waals surface area (Å²) in [5.41, 5.74) is 5.39. The van der Waals surface area contributed by atoms with Crippen molar-refractivity contribution >= 4 is 11.6 Å². The zero-order chi connectivity index (χ0) is 11.2. The van der Waals surface area contributed by atoms with Gasteiger partial charge in [0.05, 0.1) is 25.6 Å². The van der Waals surface area contributed by atoms with Gasteiger partial charge < -0.3 is 20.7 Å². The van der Waals surface area contributed by atoms with Crippen LogP contribution < -0.4 is 16.0 Å². The summed E-state index contributed by atoms with van der Waals surface area (Å²) in [6, 6.07) is 0. The van der Waals surface area contributed by atoms with Gasteiger partial charge in [0.2, 0.25) is 0 Å². The summed E-state index contributed by atoms with van der Waals surface area (Å²) in [6.07, 6.45) is 3.52. The molecule has 6 nitrogen and oxygen atoms in total. The van der Waals surface area contributed by atoms with Crippen molar-refractivity contribution in [2.24, 2.45) is 5.73 Å². The Labute approximate surface area is 94.8 Å². The van der Waals surface area contributed by atoms with Gasteiger partial charge in [-0.2, -0.15) is 0 Å². The number of anilines is 2. The Balaban J connectivity index is 1.95. The van der Waals surface area contributed by atoms with Crippen molar-refractivity contribution < 1.29 is 4.74 Å². The van der Waals surface area contributed by atoms with Gasteiger partial charge in [-0.25, -0.2) is 9.97 Å². The van der Waals surface area contributed by atoms with Crippen LogP contribution in [-0.4, -0.2) is 49.4 Å². The van der Waals surface area contributed by atoms with Gasteiger partial charge in [-0.05, 0) is 0 Å². The van der Waals surface area contributed by atoms with Crippen LogP contribution in [0.1, 0.15) is 0 Å². The summed E-state index contributed by atoms with van der Waals surface area (Å²) < 4.78 is 5.28. The lowest BCUT2D eigenvalue weighted by Crippen LogP contribution is -2.36. The van der Waals surface area contributed by atoms with Gasteiger partial charge in [-0.15, -0.1) is 0 Å². The normalized spacial score (nSPS) is 16.2. The lowest BCUT2D eigenvalue weighted by atomic mass is 10.4. The van der Waals surface area contributed by atoms with Gasteiger partial charge in [0, 0.05) is 26.2 Å². The summed E-state index contributed by atoms with van der Waals surface area (Å²) in [4.78, 5) is 10.8. The number of nitrogens with two attached hydrogens (primary N) is 1. The second-order valence-corrected chi connectivity index (χ2v) is 3.57. The zero-order valence-electron chi connectivity index (χ0n) is 9.22. The number of hydrogen-bond donors (Lipinski definition) is 2. The molecule has 1 saturated heterocycles. The number of morpholine rings is 1. The Hall–Kier alpha value is -1.40. The average molecular weight is 223 g/mol. The lowest BCUT2D eigenvalue weighted by Gasteiger charge is -2.27. The third kappa shape index (κ3) is 2.80. The summed E-state index contributed by atoms with van der Waals surface area (Å²) in [6.45, 7) is 4.58. The van der Waals surface area contributed by atoms with E-state index in [-0.39, 0.29) is 0 Å². The van der Waals surface area contributed by atoms with Crippen LogP contribution in [0.25, 0.3) is 0 Å². The highest BCUT2D eigenvalue weighted by Crippen LogP contribution is 2.12. The number of rotatable bonds is 4. The summed E-state index contributed by atoms with van der Waals surface area (Å²) >= 11 is 0. The van der Waals surface area contributed by atoms with Crippen LogP contribution in [0.4, 0.5) is 11.6 Å². The first-order valence-corrected chi connectivity index (χ1v) is 5.49. The molecule has 1 aromatic heterocycles. The number of aromatic nitrogens is 2. The third-order valence-electron chi connectivity index (χ3n) is 2.42. The highest BCUT2D eigenvalue weighted by atomic mass is 16.5. The monoisotopic (exact) mass is 223 g/mol. The maximum atomic E-state index is 5.39. The van der Waals surface area contributed by atoms with E-state index in [4.69, 9.17) is 10.5 Å². The maximum absolute atomic E-state index is 5.39. The molecule has 0 unspecified atom stereocenters. The topological polar surface area (TPSA) is 76.3 Å². The molecule has 2 rings (SSSR count). The molecule has 2 heterocycles. The minimum absolute atomic E-state index is 0.590. The first-order valence-electron chi connectivity index (χ1n) is 5.49. The van der Waals surface area contributed by atoms with E-state index >= 15 is 0 Å². The largest absolute Gasteiger partial charge is 0.378 e. The SMILES string of the molecule is NCCNc1cnc(N2CCOCC2)cn1. The molecule has 0 radical (unpaired) electrons. The van der Waals surface area contributed by atoms with Crippen molar-refractivity contribution in [3.8, 4) is 0 Å². The van der Waals surface area contributed by atoms with E-state index in [0.717, 1.165) is 37.9 Å². The van der Waals surface area contributed by atoms with Gasteiger partial charge in [0.15, 0.2) is 0 Å². The quantitative estimate of drug-likeness (QED) is 0.729. The first kappa shape index (κ1) is 11.1. The number of nitrogens with one attached hydrogen (secondary N) is 1. The Kier molecular flexibility index (Phi) is 3.90. The van der Waals surface area contributed by atoms with E-state index in [1.807, 2.05) is 0 Å². The van der Waals surface area contributed by atoms with Gasteiger partial charge in [-0.3, -0.25) is 0 Å². The van der Waals surface area contributed by atoms with Crippen LogP contribution in [-0.2, 0) is 4.74 Å². The van der Waals surface area contributed by atoms with Crippen LogP contribution >= 0.6 is 0 Å². The number of nitrogens with zero attached hydrogens (tertiary/aromatic N) is 3. The smallest absolute Gasteiger partial charge is 0.147 e. The molecular weight excluding hydrogens is 206 g/mol. The van der Waals surface area contributed by atoms with Gasteiger partial charge >= 0.3 is 0 Å². The van der Waals surface area contributed by atoms with Gasteiger partial charge in [0.1, 0.15) is 11.6 Å². The Bertz CT molecular complexity index is 309. The molecule has 0 aliphatic carbocycles. The Morgan fingerprint density at radius 1 is 1.31 bits per heavy atom. The van der Waals surface area contributed by atoms with Crippen LogP contribution in [0.2, 0.25) is 0 Å². The minimum atomic E-state index is 0.590. The van der Waals surface area contributed by atoms with Gasteiger partial charge in [0.25, 0.3) is 0 Å². The fourth-order valence-corrected chi connectivity index (χ4v) is 1.57. The van der Waals surface area contributed by atoms with E-state index < -0.39 is 0 Å². The molecule has 0 saturated carbocycles. The van der Waals surface area contributed by atoms with Crippen molar-refractivity contribution in [1.29, 1.82) is 0 Å². The predicted octanol–water partition coefficient (Wildman–Crippen LogP) is -0.316. The molecule has 1 aromatic rings. The van der Waals surface area contributed by atoms with Crippen molar-refractivity contribution in [2.75, 3.05) is 49.6 Å². The minimum Gasteiger partial charge on any atom is -0.378 e. The van der Waals surface area contributed by atoms with E-state index in [1.54, 1.807) is 12.4 Å². The summed E-state index contributed by atoms with van der Waals surface area (Å²) in [5, 5.41) is 3.08. The summed E-state index contributed by atoms with van der Waals surface area (Å²) in [7, 11) is 0. The second kappa shape index (κ2) is 5.62. The molecule has 0 aromatic carbocycles. The van der Waals surface area contributed by atoms with Crippen LogP contribution in [0.15, 0.2) is 12.4 Å². The highest BCUT2D eigenvalue weighted by molar-refractivity contribution is 5.41. The molecule has 16 heavy (non-hydrogen) atoms. The molecule has 0 spiro atoms. The molecule has 88 valence electrons. The van der Waals surface area contributed by atoms with E-state index in [9.17, 15) is 0 Å². The van der Waals surface area contributed by atoms with E-state index in [1.165, 1.54) is 0 Å². The van der Waals surface area contributed by atoms with Gasteiger partial charge in [-0.1, -0.05) is 0 Å². The predicted molar refractivity (Wildman–Crippen MR) is 62.6 cm³/mol. The molecule has 1 fully saturated rings.